The highest BCUT2D eigenvalue weighted by Crippen LogP contribution is 2.28. The molecular weight excluding hydrogens is 456 g/mol. The van der Waals surface area contributed by atoms with E-state index in [2.05, 4.69) is 29.2 Å². The lowest BCUT2D eigenvalue weighted by Gasteiger charge is -2.26. The largest absolute Gasteiger partial charge is 0.508 e. The molecule has 0 aliphatic heterocycles. The van der Waals surface area contributed by atoms with Crippen LogP contribution in [0.25, 0.3) is 0 Å². The molecule has 6 heteroatoms. The van der Waals surface area contributed by atoms with Gasteiger partial charge in [0.15, 0.2) is 5.17 Å². The zero-order valence-electron chi connectivity index (χ0n) is 19.8. The molecule has 0 radical (unpaired) electrons. The van der Waals surface area contributed by atoms with Crippen LogP contribution in [0.15, 0.2) is 113 Å². The zero-order chi connectivity index (χ0) is 24.5. The van der Waals surface area contributed by atoms with Crippen molar-refractivity contribution in [3.8, 4) is 17.2 Å². The van der Waals surface area contributed by atoms with Gasteiger partial charge in [0, 0.05) is 18.0 Å². The van der Waals surface area contributed by atoms with Crippen LogP contribution in [0.5, 0.6) is 17.2 Å². The predicted octanol–water partition coefficient (Wildman–Crippen LogP) is 6.89. The average Bonchev–Trinajstić information content (AvgIpc) is 2.90. The molecule has 4 aromatic rings. The topological polar surface area (TPSA) is 54.3 Å². The first-order chi connectivity index (χ1) is 17.1. The van der Waals surface area contributed by atoms with Gasteiger partial charge in [0.25, 0.3) is 0 Å². The second-order valence-electron chi connectivity index (χ2n) is 7.88. The normalized spacial score (nSPS) is 11.2. The highest BCUT2D eigenvalue weighted by atomic mass is 32.2. The van der Waals surface area contributed by atoms with Gasteiger partial charge in [0.2, 0.25) is 0 Å². The van der Waals surface area contributed by atoms with Gasteiger partial charge in [-0.2, -0.15) is 0 Å². The summed E-state index contributed by atoms with van der Waals surface area (Å²) in [6.45, 7) is 1.28. The van der Waals surface area contributed by atoms with Crippen LogP contribution in [0.1, 0.15) is 11.1 Å². The van der Waals surface area contributed by atoms with Gasteiger partial charge in [0.05, 0.1) is 19.9 Å². The van der Waals surface area contributed by atoms with Gasteiger partial charge in [0.1, 0.15) is 17.2 Å². The van der Waals surface area contributed by atoms with Crippen LogP contribution >= 0.6 is 11.8 Å². The van der Waals surface area contributed by atoms with Crippen LogP contribution in [0.3, 0.4) is 0 Å². The molecule has 0 aromatic heterocycles. The molecule has 35 heavy (non-hydrogen) atoms. The van der Waals surface area contributed by atoms with Crippen LogP contribution in [-0.4, -0.2) is 29.4 Å². The monoisotopic (exact) mass is 484 g/mol. The van der Waals surface area contributed by atoms with Crippen LogP contribution in [0.2, 0.25) is 0 Å². The minimum atomic E-state index is 0.251. The van der Waals surface area contributed by atoms with E-state index < -0.39 is 0 Å². The number of hydrogen-bond acceptors (Lipinski definition) is 5. The fraction of sp³-hybridized carbons (Fsp3) is 0.138. The third-order valence-corrected chi connectivity index (χ3v) is 6.40. The molecule has 0 aliphatic carbocycles. The second kappa shape index (κ2) is 12.0. The Morgan fingerprint density at radius 2 is 1.23 bits per heavy atom. The Morgan fingerprint density at radius 3 is 1.77 bits per heavy atom. The fourth-order valence-corrected chi connectivity index (χ4v) is 4.40. The molecule has 0 atom stereocenters. The van der Waals surface area contributed by atoms with Crippen molar-refractivity contribution in [3.05, 3.63) is 114 Å². The Balaban J connectivity index is 1.72. The van der Waals surface area contributed by atoms with Crippen molar-refractivity contribution in [2.24, 2.45) is 4.99 Å². The number of benzene rings is 4. The number of thioether (sulfide) groups is 1. The summed E-state index contributed by atoms with van der Waals surface area (Å²) in [5, 5.41) is 10.6. The maximum Gasteiger partial charge on any atom is 0.169 e. The quantitative estimate of drug-likeness (QED) is 0.168. The van der Waals surface area contributed by atoms with Crippen molar-refractivity contribution in [1.82, 2.24) is 4.90 Å². The molecule has 178 valence electrons. The molecular formula is C29H28N2O3S. The first-order valence-electron chi connectivity index (χ1n) is 11.2. The average molecular weight is 485 g/mol. The third-order valence-electron chi connectivity index (χ3n) is 5.36. The number of nitrogens with zero attached hydrogens (tertiary/aromatic N) is 2. The zero-order valence-corrected chi connectivity index (χ0v) is 20.6. The lowest BCUT2D eigenvalue weighted by atomic mass is 10.1. The minimum Gasteiger partial charge on any atom is -0.508 e. The van der Waals surface area contributed by atoms with E-state index in [4.69, 9.17) is 14.5 Å². The minimum absolute atomic E-state index is 0.251. The summed E-state index contributed by atoms with van der Waals surface area (Å²) in [6.07, 6.45) is 0. The molecule has 0 spiro atoms. The van der Waals surface area contributed by atoms with Gasteiger partial charge in [-0.15, -0.1) is 0 Å². The van der Waals surface area contributed by atoms with Crippen molar-refractivity contribution in [2.45, 2.75) is 18.0 Å². The Labute approximate surface area is 210 Å². The number of hydrogen-bond donors (Lipinski definition) is 1. The molecule has 1 N–H and O–H groups in total. The lowest BCUT2D eigenvalue weighted by molar-refractivity contribution is 0.408. The maximum absolute atomic E-state index is 9.75. The van der Waals surface area contributed by atoms with Gasteiger partial charge < -0.3 is 19.5 Å². The number of amidine groups is 1. The smallest absolute Gasteiger partial charge is 0.169 e. The first-order valence-corrected chi connectivity index (χ1v) is 12.1. The van der Waals surface area contributed by atoms with Crippen LogP contribution in [0, 0.1) is 0 Å². The molecule has 4 rings (SSSR count). The van der Waals surface area contributed by atoms with Gasteiger partial charge in [-0.25, -0.2) is 4.99 Å². The highest BCUT2D eigenvalue weighted by molar-refractivity contribution is 8.13. The highest BCUT2D eigenvalue weighted by Gasteiger charge is 2.16. The van der Waals surface area contributed by atoms with Crippen LogP contribution in [0.4, 0.5) is 5.69 Å². The predicted molar refractivity (Wildman–Crippen MR) is 143 cm³/mol. The molecule has 0 amide bonds. The summed E-state index contributed by atoms with van der Waals surface area (Å²) in [4.78, 5) is 8.40. The van der Waals surface area contributed by atoms with Gasteiger partial charge >= 0.3 is 0 Å². The van der Waals surface area contributed by atoms with Crippen molar-refractivity contribution < 1.29 is 14.6 Å². The Morgan fingerprint density at radius 1 is 0.714 bits per heavy atom. The SMILES string of the molecule is COc1ccc(CN(Cc2ccc(O)cc2)C(=Nc2ccc(OC)cc2)Sc2ccccc2)cc1. The van der Waals surface area contributed by atoms with Crippen LogP contribution < -0.4 is 9.47 Å². The van der Waals surface area contributed by atoms with Gasteiger partial charge in [-0.3, -0.25) is 0 Å². The standard InChI is InChI=1S/C29H28N2O3S/c1-33-26-16-10-23(11-17-26)21-31(20-22-8-14-25(32)15-9-22)29(35-28-6-4-3-5-7-28)30-24-12-18-27(34-2)19-13-24/h3-19,32H,20-21H2,1-2H3. The molecule has 0 bridgehead atoms. The number of aliphatic imine (C=N–C) groups is 1. The molecule has 5 nitrogen and oxygen atoms in total. The summed E-state index contributed by atoms with van der Waals surface area (Å²) in [7, 11) is 3.32. The lowest BCUT2D eigenvalue weighted by Crippen LogP contribution is -2.28. The van der Waals surface area contributed by atoms with E-state index in [-0.39, 0.29) is 5.75 Å². The third kappa shape index (κ3) is 7.04. The Bertz CT molecular complexity index is 1230. The Hall–Kier alpha value is -3.90. The van der Waals surface area contributed by atoms with Crippen molar-refractivity contribution in [1.29, 1.82) is 0 Å². The molecule has 0 unspecified atom stereocenters. The number of methoxy groups -OCH3 is 2. The van der Waals surface area contributed by atoms with Gasteiger partial charge in [-0.1, -0.05) is 54.2 Å². The summed E-state index contributed by atoms with van der Waals surface area (Å²) in [5.41, 5.74) is 3.06. The summed E-state index contributed by atoms with van der Waals surface area (Å²) >= 11 is 1.62. The molecule has 0 heterocycles. The Kier molecular flexibility index (Phi) is 8.30. The van der Waals surface area contributed by atoms with Crippen LogP contribution in [-0.2, 0) is 13.1 Å². The van der Waals surface area contributed by atoms with Crippen molar-refractivity contribution >= 4 is 22.6 Å². The summed E-state index contributed by atoms with van der Waals surface area (Å²) in [6, 6.07) is 33.4. The van der Waals surface area contributed by atoms with Crippen molar-refractivity contribution in [3.63, 3.8) is 0 Å². The second-order valence-corrected chi connectivity index (χ2v) is 8.92. The molecule has 0 saturated heterocycles. The number of ether oxygens (including phenoxy) is 2. The van der Waals surface area contributed by atoms with E-state index >= 15 is 0 Å². The van der Waals surface area contributed by atoms with E-state index in [1.807, 2.05) is 66.7 Å². The summed E-state index contributed by atoms with van der Waals surface area (Å²) in [5.74, 6) is 1.87. The number of phenolic OH excluding ortho intramolecular Hbond substituents is 1. The van der Waals surface area contributed by atoms with E-state index in [0.29, 0.717) is 13.1 Å². The number of rotatable bonds is 8. The van der Waals surface area contributed by atoms with E-state index in [1.54, 1.807) is 38.1 Å². The van der Waals surface area contributed by atoms with Crippen molar-refractivity contribution in [2.75, 3.05) is 14.2 Å². The number of phenols is 1. The molecule has 0 saturated carbocycles. The van der Waals surface area contributed by atoms with Gasteiger partial charge in [-0.05, 0) is 71.8 Å². The van der Waals surface area contributed by atoms with E-state index in [1.165, 1.54) is 0 Å². The fourth-order valence-electron chi connectivity index (χ4n) is 3.48. The first kappa shape index (κ1) is 24.2. The molecule has 4 aromatic carbocycles. The van der Waals surface area contributed by atoms with E-state index in [0.717, 1.165) is 38.4 Å². The molecule has 0 aliphatic rings. The van der Waals surface area contributed by atoms with E-state index in [9.17, 15) is 5.11 Å². The summed E-state index contributed by atoms with van der Waals surface area (Å²) < 4.78 is 10.6. The number of aromatic hydroxyl groups is 1. The maximum atomic E-state index is 9.75. The molecule has 0 fully saturated rings.